The number of ether oxygens (including phenoxy) is 2. The van der Waals surface area contributed by atoms with Gasteiger partial charge < -0.3 is 14.8 Å². The highest BCUT2D eigenvalue weighted by Gasteiger charge is 2.36. The number of nitrogens with one attached hydrogen (secondary N) is 1. The van der Waals surface area contributed by atoms with Crippen LogP contribution in [0.3, 0.4) is 0 Å². The highest BCUT2D eigenvalue weighted by molar-refractivity contribution is 9.10. The van der Waals surface area contributed by atoms with Crippen molar-refractivity contribution in [3.05, 3.63) is 104 Å². The Bertz CT molecular complexity index is 1670. The molecule has 10 heteroatoms. The summed E-state index contributed by atoms with van der Waals surface area (Å²) < 4.78 is 12.7. The van der Waals surface area contributed by atoms with E-state index in [2.05, 4.69) is 39.4 Å². The van der Waals surface area contributed by atoms with E-state index >= 15 is 0 Å². The summed E-state index contributed by atoms with van der Waals surface area (Å²) in [5.41, 5.74) is 2.18. The second-order valence-electron chi connectivity index (χ2n) is 9.01. The monoisotopic (exact) mass is 650 g/mol. The average Bonchev–Trinajstić information content (AvgIpc) is 3.21. The number of imide groups is 1. The fourth-order valence-electron chi connectivity index (χ4n) is 4.31. The van der Waals surface area contributed by atoms with E-state index in [1.54, 1.807) is 42.5 Å². The Hall–Kier alpha value is -3.79. The summed E-state index contributed by atoms with van der Waals surface area (Å²) in [4.78, 5) is 39.2. The minimum absolute atomic E-state index is 0.202. The van der Waals surface area contributed by atoms with Crippen LogP contribution in [0.1, 0.15) is 18.1 Å². The number of carbonyl (C=O) groups is 3. The molecular formula is C31H24BrClN2O5S. The minimum atomic E-state index is -0.545. The number of nitrogens with zero attached hydrogens (tertiary/aromatic N) is 1. The topological polar surface area (TPSA) is 84.9 Å². The van der Waals surface area contributed by atoms with Crippen LogP contribution in [-0.2, 0) is 16.2 Å². The van der Waals surface area contributed by atoms with Crippen LogP contribution in [0, 0.1) is 0 Å². The van der Waals surface area contributed by atoms with E-state index in [0.29, 0.717) is 45.5 Å². The van der Waals surface area contributed by atoms with Crippen LogP contribution in [0.4, 0.5) is 10.5 Å². The number of halogens is 2. The number of fused-ring (bicyclic) bond motifs is 1. The smallest absolute Gasteiger partial charge is 0.294 e. The van der Waals surface area contributed by atoms with Crippen molar-refractivity contribution in [2.45, 2.75) is 13.5 Å². The Balaban J connectivity index is 1.32. The van der Waals surface area contributed by atoms with Crippen molar-refractivity contribution in [1.29, 1.82) is 0 Å². The van der Waals surface area contributed by atoms with Gasteiger partial charge in [0.25, 0.3) is 11.1 Å². The summed E-state index contributed by atoms with van der Waals surface area (Å²) in [7, 11) is 0. The number of rotatable bonds is 9. The molecule has 1 aliphatic heterocycles. The van der Waals surface area contributed by atoms with E-state index in [1.807, 2.05) is 31.2 Å². The molecule has 7 nitrogen and oxygen atoms in total. The van der Waals surface area contributed by atoms with Gasteiger partial charge in [-0.2, -0.15) is 0 Å². The van der Waals surface area contributed by atoms with Crippen LogP contribution in [0.25, 0.3) is 16.8 Å². The molecule has 41 heavy (non-hydrogen) atoms. The molecule has 0 radical (unpaired) electrons. The van der Waals surface area contributed by atoms with Crippen molar-refractivity contribution < 1.29 is 23.9 Å². The Morgan fingerprint density at radius 2 is 1.78 bits per heavy atom. The van der Waals surface area contributed by atoms with Crippen molar-refractivity contribution in [3.63, 3.8) is 0 Å². The largest absolute Gasteiger partial charge is 0.490 e. The van der Waals surface area contributed by atoms with Gasteiger partial charge in [0.2, 0.25) is 5.91 Å². The molecule has 1 heterocycles. The van der Waals surface area contributed by atoms with Gasteiger partial charge in [0.15, 0.2) is 11.5 Å². The maximum atomic E-state index is 13.0. The quantitative estimate of drug-likeness (QED) is 0.185. The molecule has 5 rings (SSSR count). The summed E-state index contributed by atoms with van der Waals surface area (Å²) >= 11 is 10.2. The van der Waals surface area contributed by atoms with E-state index in [9.17, 15) is 14.4 Å². The van der Waals surface area contributed by atoms with Crippen LogP contribution in [0.15, 0.2) is 88.2 Å². The van der Waals surface area contributed by atoms with Crippen molar-refractivity contribution in [1.82, 2.24) is 4.90 Å². The molecule has 0 unspecified atom stereocenters. The van der Waals surface area contributed by atoms with Gasteiger partial charge in [0.1, 0.15) is 13.2 Å². The fraction of sp³-hybridized carbons (Fsp3) is 0.129. The van der Waals surface area contributed by atoms with E-state index in [4.69, 9.17) is 21.1 Å². The first-order chi connectivity index (χ1) is 19.8. The molecule has 4 aromatic carbocycles. The van der Waals surface area contributed by atoms with Gasteiger partial charge in [-0.3, -0.25) is 19.3 Å². The lowest BCUT2D eigenvalue weighted by molar-refractivity contribution is -0.127. The lowest BCUT2D eigenvalue weighted by Gasteiger charge is -2.16. The van der Waals surface area contributed by atoms with Crippen molar-refractivity contribution in [2.24, 2.45) is 0 Å². The molecular weight excluding hydrogens is 628 g/mol. The zero-order valence-electron chi connectivity index (χ0n) is 21.9. The van der Waals surface area contributed by atoms with Gasteiger partial charge in [-0.05, 0) is 99.0 Å². The minimum Gasteiger partial charge on any atom is -0.490 e. The van der Waals surface area contributed by atoms with Crippen LogP contribution in [-0.4, -0.2) is 35.1 Å². The van der Waals surface area contributed by atoms with Crippen LogP contribution >= 0.6 is 39.3 Å². The normalized spacial score (nSPS) is 14.1. The lowest BCUT2D eigenvalue weighted by atomic mass is 10.1. The third-order valence-corrected chi connectivity index (χ3v) is 7.93. The molecule has 0 saturated carbocycles. The molecule has 0 aliphatic carbocycles. The van der Waals surface area contributed by atoms with E-state index < -0.39 is 23.6 Å². The molecule has 208 valence electrons. The number of carbonyl (C=O) groups excluding carboxylic acids is 3. The summed E-state index contributed by atoms with van der Waals surface area (Å²) in [5, 5.41) is 4.91. The third kappa shape index (κ3) is 6.75. The van der Waals surface area contributed by atoms with Gasteiger partial charge >= 0.3 is 0 Å². The zero-order valence-corrected chi connectivity index (χ0v) is 25.0. The van der Waals surface area contributed by atoms with E-state index in [1.165, 1.54) is 0 Å². The first-order valence-corrected chi connectivity index (χ1v) is 14.7. The van der Waals surface area contributed by atoms with Gasteiger partial charge in [-0.15, -0.1) is 0 Å². The Kier molecular flexibility index (Phi) is 8.97. The van der Waals surface area contributed by atoms with Gasteiger partial charge in [0, 0.05) is 10.7 Å². The summed E-state index contributed by atoms with van der Waals surface area (Å²) in [5.74, 6) is -0.0135. The Labute approximate surface area is 254 Å². The first-order valence-electron chi connectivity index (χ1n) is 12.7. The summed E-state index contributed by atoms with van der Waals surface area (Å²) in [6, 6.07) is 24.3. The highest BCUT2D eigenvalue weighted by Crippen LogP contribution is 2.40. The standard InChI is InChI=1S/C31H24BrClN2O5S/c1-2-39-26-15-19(14-25(32)29(26)40-18-21-8-5-7-20-6-3-4-9-24(20)21)16-27-30(37)35(31(38)41-27)17-28(36)34-23-12-10-22(33)11-13-23/h3-16H,2,17-18H2,1H3,(H,34,36)/b27-16+. The number of hydrogen-bond acceptors (Lipinski definition) is 6. The van der Waals surface area contributed by atoms with Crippen molar-refractivity contribution >= 4 is 78.9 Å². The predicted octanol–water partition coefficient (Wildman–Crippen LogP) is 7.91. The number of anilines is 1. The molecule has 0 bridgehead atoms. The molecule has 1 saturated heterocycles. The molecule has 0 atom stereocenters. The van der Waals surface area contributed by atoms with E-state index in [-0.39, 0.29) is 4.91 Å². The van der Waals surface area contributed by atoms with Crippen molar-refractivity contribution in [3.8, 4) is 11.5 Å². The predicted molar refractivity (Wildman–Crippen MR) is 166 cm³/mol. The maximum Gasteiger partial charge on any atom is 0.294 e. The number of thioether (sulfide) groups is 1. The number of hydrogen-bond donors (Lipinski definition) is 1. The number of benzene rings is 4. The summed E-state index contributed by atoms with van der Waals surface area (Å²) in [6.45, 7) is 2.20. The maximum absolute atomic E-state index is 13.0. The fourth-order valence-corrected chi connectivity index (χ4v) is 5.85. The summed E-state index contributed by atoms with van der Waals surface area (Å²) in [6.07, 6.45) is 1.60. The average molecular weight is 652 g/mol. The first kappa shape index (κ1) is 28.7. The molecule has 1 aliphatic rings. The molecule has 4 aromatic rings. The van der Waals surface area contributed by atoms with Crippen molar-refractivity contribution in [2.75, 3.05) is 18.5 Å². The van der Waals surface area contributed by atoms with Gasteiger partial charge in [-0.1, -0.05) is 54.1 Å². The SMILES string of the molecule is CCOc1cc(/C=C2/SC(=O)N(CC(=O)Nc3ccc(Cl)cc3)C2=O)cc(Br)c1OCc1cccc2ccccc12. The van der Waals surface area contributed by atoms with Crippen LogP contribution in [0.5, 0.6) is 11.5 Å². The molecule has 1 N–H and O–H groups in total. The highest BCUT2D eigenvalue weighted by atomic mass is 79.9. The molecule has 3 amide bonds. The third-order valence-electron chi connectivity index (χ3n) is 6.18. The zero-order chi connectivity index (χ0) is 28.9. The second-order valence-corrected chi connectivity index (χ2v) is 11.3. The van der Waals surface area contributed by atoms with Crippen LogP contribution < -0.4 is 14.8 Å². The Morgan fingerprint density at radius 1 is 1.02 bits per heavy atom. The Morgan fingerprint density at radius 3 is 2.56 bits per heavy atom. The lowest BCUT2D eigenvalue weighted by Crippen LogP contribution is -2.36. The molecule has 1 fully saturated rings. The molecule has 0 aromatic heterocycles. The second kappa shape index (κ2) is 12.8. The van der Waals surface area contributed by atoms with E-state index in [0.717, 1.165) is 33.0 Å². The number of amides is 3. The van der Waals surface area contributed by atoms with Gasteiger partial charge in [-0.25, -0.2) is 0 Å². The van der Waals surface area contributed by atoms with Crippen LogP contribution in [0.2, 0.25) is 5.02 Å². The molecule has 0 spiro atoms. The van der Waals surface area contributed by atoms with Gasteiger partial charge in [0.05, 0.1) is 16.0 Å².